The molecule has 1 aliphatic carbocycles. The number of alkyl halides is 3. The van der Waals surface area contributed by atoms with Crippen molar-refractivity contribution in [1.82, 2.24) is 20.0 Å². The van der Waals surface area contributed by atoms with Gasteiger partial charge < -0.3 is 14.4 Å². The van der Waals surface area contributed by atoms with Gasteiger partial charge in [0.2, 0.25) is 5.76 Å². The van der Waals surface area contributed by atoms with Crippen molar-refractivity contribution in [2.45, 2.75) is 25.1 Å². The lowest BCUT2D eigenvalue weighted by atomic mass is 10.0. The van der Waals surface area contributed by atoms with E-state index < -0.39 is 11.9 Å². The fourth-order valence-corrected chi connectivity index (χ4v) is 3.39. The second-order valence-corrected chi connectivity index (χ2v) is 7.56. The van der Waals surface area contributed by atoms with Gasteiger partial charge in [0, 0.05) is 29.1 Å². The fourth-order valence-electron chi connectivity index (χ4n) is 3.39. The van der Waals surface area contributed by atoms with Gasteiger partial charge in [-0.25, -0.2) is 4.98 Å². The largest absolute Gasteiger partial charge is 0.453 e. The molecular formula is C23H17F3N4O2. The molecule has 0 bridgehead atoms. The normalized spacial score (nSPS) is 13.8. The van der Waals surface area contributed by atoms with Crippen molar-refractivity contribution in [2.75, 3.05) is 0 Å². The predicted molar refractivity (Wildman–Crippen MR) is 110 cm³/mol. The summed E-state index contributed by atoms with van der Waals surface area (Å²) in [4.78, 5) is 16.3. The average molecular weight is 438 g/mol. The Balaban J connectivity index is 1.49. The van der Waals surface area contributed by atoms with Gasteiger partial charge in [-0.15, -0.1) is 0 Å². The first-order chi connectivity index (χ1) is 15.4. The predicted octanol–water partition coefficient (Wildman–Crippen LogP) is 5.11. The summed E-state index contributed by atoms with van der Waals surface area (Å²) >= 11 is 0. The summed E-state index contributed by atoms with van der Waals surface area (Å²) in [6.45, 7) is 0. The standard InChI is InChI=1S/C23H17F3N4O2/c24-23(25,26)21-19(20(29-32-21)14-4-2-1-3-5-14)18-12-30(13-27-18)17-10-6-15(7-11-17)22(31)28-16-8-9-16/h1-7,10-13,16H,8-9H2,(H,28,31). The van der Waals surface area contributed by atoms with Crippen molar-refractivity contribution >= 4 is 5.91 Å². The van der Waals surface area contributed by atoms with Gasteiger partial charge in [0.1, 0.15) is 5.69 Å². The minimum absolute atomic E-state index is 0.0651. The van der Waals surface area contributed by atoms with Crippen LogP contribution in [0.5, 0.6) is 0 Å². The Morgan fingerprint density at radius 2 is 1.78 bits per heavy atom. The van der Waals surface area contributed by atoms with Crippen LogP contribution >= 0.6 is 0 Å². The summed E-state index contributed by atoms with van der Waals surface area (Å²) in [5.41, 5.74) is 1.58. The van der Waals surface area contributed by atoms with Crippen molar-refractivity contribution in [1.29, 1.82) is 0 Å². The lowest BCUT2D eigenvalue weighted by Gasteiger charge is -2.06. The maximum Gasteiger partial charge on any atom is 0.453 e. The molecule has 0 aliphatic heterocycles. The summed E-state index contributed by atoms with van der Waals surface area (Å²) in [6, 6.07) is 15.5. The smallest absolute Gasteiger partial charge is 0.350 e. The molecule has 1 N–H and O–H groups in total. The molecule has 162 valence electrons. The number of hydrogen-bond donors (Lipinski definition) is 1. The molecular weight excluding hydrogens is 421 g/mol. The summed E-state index contributed by atoms with van der Waals surface area (Å²) in [6.07, 6.45) is 0.157. The monoisotopic (exact) mass is 438 g/mol. The van der Waals surface area contributed by atoms with E-state index in [1.807, 2.05) is 0 Å². The molecule has 0 atom stereocenters. The van der Waals surface area contributed by atoms with Gasteiger partial charge in [-0.3, -0.25) is 4.79 Å². The number of benzene rings is 2. The zero-order valence-corrected chi connectivity index (χ0v) is 16.6. The SMILES string of the molecule is O=C(NC1CC1)c1ccc(-n2cnc(-c3c(-c4ccccc4)noc3C(F)(F)F)c2)cc1. The number of rotatable bonds is 5. The molecule has 0 spiro atoms. The zero-order valence-electron chi connectivity index (χ0n) is 16.6. The number of hydrogen-bond acceptors (Lipinski definition) is 4. The molecule has 1 fully saturated rings. The van der Waals surface area contributed by atoms with Crippen LogP contribution < -0.4 is 5.32 Å². The molecule has 1 saturated carbocycles. The molecule has 0 unspecified atom stereocenters. The van der Waals surface area contributed by atoms with E-state index in [4.69, 9.17) is 4.52 Å². The summed E-state index contributed by atoms with van der Waals surface area (Å²) in [5.74, 6) is -1.34. The maximum atomic E-state index is 13.6. The highest BCUT2D eigenvalue weighted by Crippen LogP contribution is 2.42. The summed E-state index contributed by atoms with van der Waals surface area (Å²) in [7, 11) is 0. The molecule has 2 aromatic carbocycles. The van der Waals surface area contributed by atoms with Crippen LogP contribution in [0.4, 0.5) is 13.2 Å². The van der Waals surface area contributed by atoms with Gasteiger partial charge in [-0.05, 0) is 37.1 Å². The van der Waals surface area contributed by atoms with Crippen LogP contribution in [-0.2, 0) is 6.18 Å². The minimum Gasteiger partial charge on any atom is -0.350 e. The topological polar surface area (TPSA) is 73.0 Å². The van der Waals surface area contributed by atoms with Crippen LogP contribution in [0.2, 0.25) is 0 Å². The van der Waals surface area contributed by atoms with Gasteiger partial charge in [-0.2, -0.15) is 13.2 Å². The Hall–Kier alpha value is -3.88. The van der Waals surface area contributed by atoms with Crippen LogP contribution in [0.3, 0.4) is 0 Å². The third kappa shape index (κ3) is 3.89. The molecule has 2 heterocycles. The number of carbonyl (C=O) groups excluding carboxylic acids is 1. The summed E-state index contributed by atoms with van der Waals surface area (Å²) < 4.78 is 47.1. The molecule has 1 aliphatic rings. The number of nitrogens with one attached hydrogen (secondary N) is 1. The van der Waals surface area contributed by atoms with E-state index in [1.54, 1.807) is 59.2 Å². The zero-order chi connectivity index (χ0) is 22.3. The number of nitrogens with zero attached hydrogens (tertiary/aromatic N) is 3. The Kier molecular flexibility index (Phi) is 4.80. The minimum atomic E-state index is -4.73. The van der Waals surface area contributed by atoms with Crippen LogP contribution in [-0.4, -0.2) is 26.7 Å². The molecule has 32 heavy (non-hydrogen) atoms. The van der Waals surface area contributed by atoms with E-state index in [2.05, 4.69) is 15.5 Å². The van der Waals surface area contributed by atoms with Gasteiger partial charge >= 0.3 is 6.18 Å². The molecule has 5 rings (SSSR count). The van der Waals surface area contributed by atoms with Gasteiger partial charge in [0.05, 0.1) is 17.6 Å². The van der Waals surface area contributed by atoms with Crippen molar-refractivity contribution in [3.05, 3.63) is 78.4 Å². The van der Waals surface area contributed by atoms with E-state index in [-0.39, 0.29) is 28.9 Å². The van der Waals surface area contributed by atoms with Crippen LogP contribution in [0, 0.1) is 0 Å². The lowest BCUT2D eigenvalue weighted by Crippen LogP contribution is -2.25. The van der Waals surface area contributed by atoms with Crippen LogP contribution in [0.1, 0.15) is 29.0 Å². The summed E-state index contributed by atoms with van der Waals surface area (Å²) in [5, 5.41) is 6.59. The second kappa shape index (κ2) is 7.67. The average Bonchev–Trinajstić information content (AvgIpc) is 3.27. The Bertz CT molecular complexity index is 1260. The van der Waals surface area contributed by atoms with E-state index in [9.17, 15) is 18.0 Å². The van der Waals surface area contributed by atoms with Crippen molar-refractivity contribution in [2.24, 2.45) is 0 Å². The number of imidazole rings is 1. The van der Waals surface area contributed by atoms with Crippen LogP contribution in [0.15, 0.2) is 71.6 Å². The van der Waals surface area contributed by atoms with E-state index in [0.717, 1.165) is 12.8 Å². The highest BCUT2D eigenvalue weighted by atomic mass is 19.4. The fraction of sp³-hybridized carbons (Fsp3) is 0.174. The Labute approximate surface area is 180 Å². The van der Waals surface area contributed by atoms with Gasteiger partial charge in [-0.1, -0.05) is 35.5 Å². The quantitative estimate of drug-likeness (QED) is 0.470. The van der Waals surface area contributed by atoms with Crippen molar-refractivity contribution in [3.8, 4) is 28.2 Å². The van der Waals surface area contributed by atoms with Gasteiger partial charge in [0.25, 0.3) is 5.91 Å². The third-order valence-corrected chi connectivity index (χ3v) is 5.18. The highest BCUT2D eigenvalue weighted by molar-refractivity contribution is 5.94. The maximum absolute atomic E-state index is 13.6. The lowest BCUT2D eigenvalue weighted by molar-refractivity contribution is -0.154. The number of carbonyl (C=O) groups is 1. The first kappa shape index (κ1) is 20.0. The second-order valence-electron chi connectivity index (χ2n) is 7.56. The van der Waals surface area contributed by atoms with E-state index >= 15 is 0 Å². The first-order valence-corrected chi connectivity index (χ1v) is 9.98. The number of amides is 1. The van der Waals surface area contributed by atoms with Crippen molar-refractivity contribution in [3.63, 3.8) is 0 Å². The first-order valence-electron chi connectivity index (χ1n) is 9.98. The molecule has 9 heteroatoms. The Morgan fingerprint density at radius 3 is 2.44 bits per heavy atom. The highest BCUT2D eigenvalue weighted by Gasteiger charge is 2.41. The van der Waals surface area contributed by atoms with E-state index in [0.29, 0.717) is 16.8 Å². The molecule has 0 radical (unpaired) electrons. The molecule has 4 aromatic rings. The molecule has 2 aromatic heterocycles. The number of aromatic nitrogens is 3. The third-order valence-electron chi connectivity index (χ3n) is 5.18. The van der Waals surface area contributed by atoms with E-state index in [1.165, 1.54) is 12.5 Å². The molecule has 0 saturated heterocycles. The molecule has 1 amide bonds. The Morgan fingerprint density at radius 1 is 1.06 bits per heavy atom. The van der Waals surface area contributed by atoms with Gasteiger partial charge in [0.15, 0.2) is 0 Å². The number of halogens is 3. The van der Waals surface area contributed by atoms with Crippen molar-refractivity contribution < 1.29 is 22.5 Å². The molecule has 6 nitrogen and oxygen atoms in total. The van der Waals surface area contributed by atoms with Crippen LogP contribution in [0.25, 0.3) is 28.2 Å².